The first-order valence-electron chi connectivity index (χ1n) is 4.62. The molecule has 1 unspecified atom stereocenters. The number of hydrogen-bond acceptors (Lipinski definition) is 3. The number of carbonyl (C=O) groups is 1. The zero-order valence-corrected chi connectivity index (χ0v) is 9.16. The quantitative estimate of drug-likeness (QED) is 0.619. The number of hydrogen-bond donors (Lipinski definition) is 2. The van der Waals surface area contributed by atoms with Crippen LogP contribution in [0.5, 0.6) is 0 Å². The standard InChI is InChI=1S/C10H20N2O2/c1-5-6-8(11)9(14)12(4)10(2,3)7-13/h5,8,13H,1,6-7,11H2,2-4H3. The normalized spacial score (nSPS) is 13.5. The molecule has 0 aliphatic rings. The molecule has 0 bridgehead atoms. The van der Waals surface area contributed by atoms with Crippen LogP contribution in [0.4, 0.5) is 0 Å². The fourth-order valence-electron chi connectivity index (χ4n) is 0.933. The average molecular weight is 200 g/mol. The lowest BCUT2D eigenvalue weighted by Crippen LogP contribution is -2.53. The molecule has 0 aromatic heterocycles. The van der Waals surface area contributed by atoms with Gasteiger partial charge in [0.05, 0.1) is 18.2 Å². The Morgan fingerprint density at radius 3 is 2.57 bits per heavy atom. The maximum atomic E-state index is 11.7. The van der Waals surface area contributed by atoms with Gasteiger partial charge >= 0.3 is 0 Å². The summed E-state index contributed by atoms with van der Waals surface area (Å²) < 4.78 is 0. The van der Waals surface area contributed by atoms with Crippen LogP contribution in [0.25, 0.3) is 0 Å². The molecule has 4 heteroatoms. The van der Waals surface area contributed by atoms with Gasteiger partial charge in [-0.1, -0.05) is 6.08 Å². The zero-order chi connectivity index (χ0) is 11.4. The third-order valence-corrected chi connectivity index (χ3v) is 2.36. The molecule has 0 saturated carbocycles. The topological polar surface area (TPSA) is 66.6 Å². The molecule has 0 aliphatic carbocycles. The van der Waals surface area contributed by atoms with Crippen LogP contribution < -0.4 is 5.73 Å². The Labute approximate surface area is 85.4 Å². The van der Waals surface area contributed by atoms with Crippen molar-refractivity contribution in [2.45, 2.75) is 31.8 Å². The van der Waals surface area contributed by atoms with Crippen LogP contribution in [0.3, 0.4) is 0 Å². The van der Waals surface area contributed by atoms with Gasteiger partial charge in [0.25, 0.3) is 0 Å². The van der Waals surface area contributed by atoms with Crippen LogP contribution in [0, 0.1) is 0 Å². The zero-order valence-electron chi connectivity index (χ0n) is 9.16. The summed E-state index contributed by atoms with van der Waals surface area (Å²) in [5.74, 6) is -0.177. The average Bonchev–Trinajstić information content (AvgIpc) is 2.15. The van der Waals surface area contributed by atoms with Gasteiger partial charge < -0.3 is 15.7 Å². The molecule has 0 rings (SSSR count). The van der Waals surface area contributed by atoms with Crippen LogP contribution in [-0.2, 0) is 4.79 Å². The van der Waals surface area contributed by atoms with Gasteiger partial charge in [0.15, 0.2) is 0 Å². The first-order valence-corrected chi connectivity index (χ1v) is 4.62. The molecule has 1 amide bonds. The third kappa shape index (κ3) is 3.12. The van der Waals surface area contributed by atoms with Crippen LogP contribution >= 0.6 is 0 Å². The highest BCUT2D eigenvalue weighted by Crippen LogP contribution is 2.12. The van der Waals surface area contributed by atoms with E-state index >= 15 is 0 Å². The van der Waals surface area contributed by atoms with Gasteiger partial charge in [0, 0.05) is 7.05 Å². The predicted octanol–water partition coefficient (Wildman–Crippen LogP) is 0.119. The van der Waals surface area contributed by atoms with Crippen molar-refractivity contribution in [2.75, 3.05) is 13.7 Å². The Kier molecular flexibility index (Phi) is 4.80. The molecule has 4 nitrogen and oxygen atoms in total. The number of likely N-dealkylation sites (N-methyl/N-ethyl adjacent to an activating group) is 1. The van der Waals surface area contributed by atoms with Crippen molar-refractivity contribution in [2.24, 2.45) is 5.73 Å². The van der Waals surface area contributed by atoms with Crippen molar-refractivity contribution in [1.82, 2.24) is 4.90 Å². The van der Waals surface area contributed by atoms with Gasteiger partial charge in [-0.2, -0.15) is 0 Å². The number of nitrogens with zero attached hydrogens (tertiary/aromatic N) is 1. The maximum Gasteiger partial charge on any atom is 0.240 e. The molecule has 0 spiro atoms. The Bertz CT molecular complexity index is 214. The summed E-state index contributed by atoms with van der Waals surface area (Å²) in [7, 11) is 1.64. The minimum Gasteiger partial charge on any atom is -0.394 e. The monoisotopic (exact) mass is 200 g/mol. The van der Waals surface area contributed by atoms with Gasteiger partial charge in [-0.3, -0.25) is 4.79 Å². The molecule has 0 fully saturated rings. The molecular formula is C10H20N2O2. The molecule has 0 saturated heterocycles. The van der Waals surface area contributed by atoms with E-state index in [1.165, 1.54) is 4.90 Å². The largest absolute Gasteiger partial charge is 0.394 e. The molecule has 14 heavy (non-hydrogen) atoms. The van der Waals surface area contributed by atoms with Gasteiger partial charge in [0.1, 0.15) is 0 Å². The number of aliphatic hydroxyl groups is 1. The van der Waals surface area contributed by atoms with Crippen LogP contribution in [0.1, 0.15) is 20.3 Å². The maximum absolute atomic E-state index is 11.7. The highest BCUT2D eigenvalue weighted by atomic mass is 16.3. The fraction of sp³-hybridized carbons (Fsp3) is 0.700. The van der Waals surface area contributed by atoms with E-state index in [4.69, 9.17) is 10.8 Å². The summed E-state index contributed by atoms with van der Waals surface area (Å²) >= 11 is 0. The second kappa shape index (κ2) is 5.12. The molecular weight excluding hydrogens is 180 g/mol. The molecule has 0 radical (unpaired) electrons. The summed E-state index contributed by atoms with van der Waals surface area (Å²) in [5, 5.41) is 9.07. The van der Waals surface area contributed by atoms with E-state index in [0.29, 0.717) is 6.42 Å². The number of carbonyl (C=O) groups excluding carboxylic acids is 1. The summed E-state index contributed by atoms with van der Waals surface area (Å²) in [5.41, 5.74) is 5.06. The summed E-state index contributed by atoms with van der Waals surface area (Å²) in [6.07, 6.45) is 2.06. The lowest BCUT2D eigenvalue weighted by molar-refractivity contribution is -0.137. The summed E-state index contributed by atoms with van der Waals surface area (Å²) in [6.45, 7) is 7.00. The first kappa shape index (κ1) is 13.1. The molecule has 0 aromatic rings. The number of nitrogens with two attached hydrogens (primary N) is 1. The number of amides is 1. The molecule has 0 aromatic carbocycles. The van der Waals surface area contributed by atoms with E-state index in [9.17, 15) is 4.79 Å². The fourth-order valence-corrected chi connectivity index (χ4v) is 0.933. The third-order valence-electron chi connectivity index (χ3n) is 2.36. The minimum atomic E-state index is -0.574. The van der Waals surface area contributed by atoms with Crippen molar-refractivity contribution >= 4 is 5.91 Å². The van der Waals surface area contributed by atoms with Crippen molar-refractivity contribution in [3.63, 3.8) is 0 Å². The van der Waals surface area contributed by atoms with Crippen molar-refractivity contribution in [3.8, 4) is 0 Å². The van der Waals surface area contributed by atoms with E-state index < -0.39 is 11.6 Å². The summed E-state index contributed by atoms with van der Waals surface area (Å²) in [4.78, 5) is 13.2. The van der Waals surface area contributed by atoms with Gasteiger partial charge in [-0.05, 0) is 20.3 Å². The Hall–Kier alpha value is -0.870. The smallest absolute Gasteiger partial charge is 0.240 e. The Morgan fingerprint density at radius 2 is 2.21 bits per heavy atom. The van der Waals surface area contributed by atoms with E-state index in [1.807, 2.05) is 0 Å². The lowest BCUT2D eigenvalue weighted by Gasteiger charge is -2.35. The van der Waals surface area contributed by atoms with Crippen LogP contribution in [0.15, 0.2) is 12.7 Å². The Morgan fingerprint density at radius 1 is 1.71 bits per heavy atom. The summed E-state index contributed by atoms with van der Waals surface area (Å²) in [6, 6.07) is -0.566. The molecule has 0 aliphatic heterocycles. The SMILES string of the molecule is C=CCC(N)C(=O)N(C)C(C)(C)CO. The van der Waals surface area contributed by atoms with Crippen molar-refractivity contribution < 1.29 is 9.90 Å². The second-order valence-electron chi connectivity index (χ2n) is 4.00. The molecule has 3 N–H and O–H groups in total. The second-order valence-corrected chi connectivity index (χ2v) is 4.00. The van der Waals surface area contributed by atoms with E-state index in [0.717, 1.165) is 0 Å². The van der Waals surface area contributed by atoms with Crippen molar-refractivity contribution in [3.05, 3.63) is 12.7 Å². The van der Waals surface area contributed by atoms with Gasteiger partial charge in [-0.25, -0.2) is 0 Å². The molecule has 1 atom stereocenters. The lowest BCUT2D eigenvalue weighted by atomic mass is 10.0. The highest BCUT2D eigenvalue weighted by Gasteiger charge is 2.29. The first-order chi connectivity index (χ1) is 6.36. The van der Waals surface area contributed by atoms with Crippen molar-refractivity contribution in [1.29, 1.82) is 0 Å². The highest BCUT2D eigenvalue weighted by molar-refractivity contribution is 5.82. The van der Waals surface area contributed by atoms with Gasteiger partial charge in [0.2, 0.25) is 5.91 Å². The Balaban J connectivity index is 4.45. The van der Waals surface area contributed by atoms with Crippen LogP contribution in [-0.4, -0.2) is 41.1 Å². The number of aliphatic hydroxyl groups excluding tert-OH is 1. The van der Waals surface area contributed by atoms with Gasteiger partial charge in [-0.15, -0.1) is 6.58 Å². The minimum absolute atomic E-state index is 0.0873. The number of rotatable bonds is 5. The van der Waals surface area contributed by atoms with E-state index in [2.05, 4.69) is 6.58 Å². The van der Waals surface area contributed by atoms with E-state index in [-0.39, 0.29) is 12.5 Å². The van der Waals surface area contributed by atoms with Crippen LogP contribution in [0.2, 0.25) is 0 Å². The molecule has 0 heterocycles. The predicted molar refractivity (Wildman–Crippen MR) is 56.7 cm³/mol. The van der Waals surface area contributed by atoms with E-state index in [1.54, 1.807) is 27.0 Å². The molecule has 82 valence electrons.